The molecule has 11 heteroatoms. The third-order valence-electron chi connectivity index (χ3n) is 4.72. The molecule has 10 nitrogen and oxygen atoms in total. The molecule has 0 aliphatic carbocycles. The van der Waals surface area contributed by atoms with Gasteiger partial charge in [0, 0.05) is 11.8 Å². The molecule has 180 valence electrons. The minimum Gasteiger partial charge on any atom is -0.486 e. The van der Waals surface area contributed by atoms with Crippen molar-refractivity contribution >= 4 is 29.5 Å². The number of ether oxygens (including phenoxy) is 3. The molecule has 0 radical (unpaired) electrons. The van der Waals surface area contributed by atoms with Gasteiger partial charge in [-0.05, 0) is 30.2 Å². The maximum absolute atomic E-state index is 13.8. The summed E-state index contributed by atoms with van der Waals surface area (Å²) in [6, 6.07) is 8.09. The smallest absolute Gasteiger partial charge is 0.329 e. The van der Waals surface area contributed by atoms with Crippen LogP contribution in [-0.2, 0) is 14.3 Å². The molecule has 0 fully saturated rings. The van der Waals surface area contributed by atoms with E-state index >= 15 is 0 Å². The fourth-order valence-electron chi connectivity index (χ4n) is 3.03. The molecule has 2 aromatic rings. The van der Waals surface area contributed by atoms with Crippen molar-refractivity contribution in [3.05, 3.63) is 53.8 Å². The van der Waals surface area contributed by atoms with Crippen molar-refractivity contribution in [2.45, 2.75) is 19.9 Å². The second-order valence-electron chi connectivity index (χ2n) is 7.64. The summed E-state index contributed by atoms with van der Waals surface area (Å²) in [6.07, 6.45) is 0. The zero-order chi connectivity index (χ0) is 24.7. The van der Waals surface area contributed by atoms with Gasteiger partial charge in [-0.2, -0.15) is 0 Å². The Morgan fingerprint density at radius 1 is 1.03 bits per heavy atom. The molecule has 1 aliphatic heterocycles. The van der Waals surface area contributed by atoms with E-state index in [1.165, 1.54) is 18.2 Å². The largest absolute Gasteiger partial charge is 0.486 e. The first kappa shape index (κ1) is 24.5. The average Bonchev–Trinajstić information content (AvgIpc) is 2.80. The normalized spacial score (nSPS) is 12.9. The Bertz CT molecular complexity index is 1090. The number of fused-ring (bicyclic) bond motifs is 1. The van der Waals surface area contributed by atoms with E-state index in [2.05, 4.69) is 10.6 Å². The highest BCUT2D eigenvalue weighted by molar-refractivity contribution is 6.02. The summed E-state index contributed by atoms with van der Waals surface area (Å²) >= 11 is 0. The Kier molecular flexibility index (Phi) is 8.01. The lowest BCUT2D eigenvalue weighted by Gasteiger charge is -2.21. The molecule has 0 aromatic heterocycles. The fraction of sp³-hybridized carbons (Fsp3) is 0.304. The molecule has 0 saturated carbocycles. The van der Waals surface area contributed by atoms with E-state index in [-0.39, 0.29) is 5.56 Å². The van der Waals surface area contributed by atoms with E-state index in [0.29, 0.717) is 30.4 Å². The van der Waals surface area contributed by atoms with Gasteiger partial charge >= 0.3 is 12.0 Å². The number of amides is 4. The van der Waals surface area contributed by atoms with Gasteiger partial charge in [-0.25, -0.2) is 14.0 Å². The molecule has 1 aliphatic rings. The molecule has 1 atom stereocenters. The molecule has 0 saturated heterocycles. The Labute approximate surface area is 194 Å². The number of esters is 1. The second kappa shape index (κ2) is 11.1. The highest BCUT2D eigenvalue weighted by atomic mass is 19.1. The quantitative estimate of drug-likeness (QED) is 0.526. The van der Waals surface area contributed by atoms with Gasteiger partial charge in [-0.3, -0.25) is 14.9 Å². The number of anilines is 1. The number of benzene rings is 2. The standard InChI is InChI=1S/C23H24FN3O7/c1-13(2)20(27-21(29)15-5-3-4-6-16(15)24)22(30)34-12-19(28)26-23(31)25-14-7-8-17-18(11-14)33-10-9-32-17/h3-8,11,13,20H,9-10,12H2,1-2H3,(H,27,29)(H2,25,26,28,31). The summed E-state index contributed by atoms with van der Waals surface area (Å²) in [4.78, 5) is 48.8. The zero-order valence-electron chi connectivity index (χ0n) is 18.6. The van der Waals surface area contributed by atoms with Crippen molar-refractivity contribution in [3.8, 4) is 11.5 Å². The highest BCUT2D eigenvalue weighted by Gasteiger charge is 2.27. The van der Waals surface area contributed by atoms with E-state index in [9.17, 15) is 23.6 Å². The van der Waals surface area contributed by atoms with Crippen LogP contribution in [0, 0.1) is 11.7 Å². The van der Waals surface area contributed by atoms with Crippen molar-refractivity contribution in [2.24, 2.45) is 5.92 Å². The number of hydrogen-bond acceptors (Lipinski definition) is 7. The Morgan fingerprint density at radius 3 is 2.44 bits per heavy atom. The molecule has 34 heavy (non-hydrogen) atoms. The van der Waals surface area contributed by atoms with Crippen molar-refractivity contribution in [1.29, 1.82) is 0 Å². The number of urea groups is 1. The first-order chi connectivity index (χ1) is 16.2. The van der Waals surface area contributed by atoms with Gasteiger partial charge in [-0.15, -0.1) is 0 Å². The van der Waals surface area contributed by atoms with Crippen LogP contribution in [0.3, 0.4) is 0 Å². The van der Waals surface area contributed by atoms with Crippen molar-refractivity contribution in [1.82, 2.24) is 10.6 Å². The highest BCUT2D eigenvalue weighted by Crippen LogP contribution is 2.32. The fourth-order valence-corrected chi connectivity index (χ4v) is 3.03. The van der Waals surface area contributed by atoms with Crippen molar-refractivity contribution < 1.29 is 37.8 Å². The van der Waals surface area contributed by atoms with Crippen LogP contribution >= 0.6 is 0 Å². The molecule has 4 amide bonds. The van der Waals surface area contributed by atoms with Gasteiger partial charge < -0.3 is 24.8 Å². The Balaban J connectivity index is 1.49. The summed E-state index contributed by atoms with van der Waals surface area (Å²) in [5, 5.41) is 6.90. The predicted molar refractivity (Wildman–Crippen MR) is 118 cm³/mol. The maximum atomic E-state index is 13.8. The Morgan fingerprint density at radius 2 is 1.74 bits per heavy atom. The molecule has 1 unspecified atom stereocenters. The van der Waals surface area contributed by atoms with Crippen LogP contribution in [0.1, 0.15) is 24.2 Å². The van der Waals surface area contributed by atoms with Gasteiger partial charge in [0.2, 0.25) is 0 Å². The van der Waals surface area contributed by atoms with Crippen LogP contribution in [-0.4, -0.2) is 49.7 Å². The van der Waals surface area contributed by atoms with Crippen molar-refractivity contribution in [3.63, 3.8) is 0 Å². The number of carbonyl (C=O) groups excluding carboxylic acids is 4. The number of nitrogens with one attached hydrogen (secondary N) is 3. The number of carbonyl (C=O) groups is 4. The number of imide groups is 1. The van der Waals surface area contributed by atoms with Crippen LogP contribution in [0.15, 0.2) is 42.5 Å². The lowest BCUT2D eigenvalue weighted by molar-refractivity contribution is -0.151. The monoisotopic (exact) mass is 473 g/mol. The summed E-state index contributed by atoms with van der Waals surface area (Å²) < 4.78 is 29.6. The van der Waals surface area contributed by atoms with Crippen LogP contribution in [0.5, 0.6) is 11.5 Å². The summed E-state index contributed by atoms with van der Waals surface area (Å²) in [7, 11) is 0. The van der Waals surface area contributed by atoms with Crippen LogP contribution in [0.2, 0.25) is 0 Å². The second-order valence-corrected chi connectivity index (χ2v) is 7.64. The SMILES string of the molecule is CC(C)C(NC(=O)c1ccccc1F)C(=O)OCC(=O)NC(=O)Nc1ccc2c(c1)OCCO2. The van der Waals surface area contributed by atoms with E-state index in [1.807, 2.05) is 5.32 Å². The third kappa shape index (κ3) is 6.44. The van der Waals surface area contributed by atoms with Crippen LogP contribution in [0.25, 0.3) is 0 Å². The lowest BCUT2D eigenvalue weighted by Crippen LogP contribution is -2.46. The van der Waals surface area contributed by atoms with Gasteiger partial charge in [-0.1, -0.05) is 26.0 Å². The van der Waals surface area contributed by atoms with Crippen LogP contribution in [0.4, 0.5) is 14.9 Å². The molecule has 0 spiro atoms. The van der Waals surface area contributed by atoms with Gasteiger partial charge in [0.25, 0.3) is 11.8 Å². The molecular formula is C23H24FN3O7. The van der Waals surface area contributed by atoms with Crippen LogP contribution < -0.4 is 25.4 Å². The Hall–Kier alpha value is -4.15. The van der Waals surface area contributed by atoms with Crippen molar-refractivity contribution in [2.75, 3.05) is 25.1 Å². The van der Waals surface area contributed by atoms with E-state index in [1.54, 1.807) is 32.0 Å². The number of halogens is 1. The topological polar surface area (TPSA) is 132 Å². The maximum Gasteiger partial charge on any atom is 0.329 e. The third-order valence-corrected chi connectivity index (χ3v) is 4.72. The molecule has 0 bridgehead atoms. The predicted octanol–water partition coefficient (Wildman–Crippen LogP) is 2.24. The molecule has 2 aromatic carbocycles. The summed E-state index contributed by atoms with van der Waals surface area (Å²) in [6.45, 7) is 3.34. The first-order valence-corrected chi connectivity index (χ1v) is 10.5. The minimum atomic E-state index is -1.13. The van der Waals surface area contributed by atoms with E-state index < -0.39 is 48.2 Å². The van der Waals surface area contributed by atoms with E-state index in [4.69, 9.17) is 14.2 Å². The molecular weight excluding hydrogens is 449 g/mol. The van der Waals surface area contributed by atoms with E-state index in [0.717, 1.165) is 6.07 Å². The summed E-state index contributed by atoms with van der Waals surface area (Å²) in [5.74, 6) is -2.72. The first-order valence-electron chi connectivity index (χ1n) is 10.5. The number of hydrogen-bond donors (Lipinski definition) is 3. The van der Waals surface area contributed by atoms with Gasteiger partial charge in [0.05, 0.1) is 5.56 Å². The molecule has 3 rings (SSSR count). The number of rotatable bonds is 7. The lowest BCUT2D eigenvalue weighted by atomic mass is 10.0. The molecule has 1 heterocycles. The minimum absolute atomic E-state index is 0.227. The molecule has 3 N–H and O–H groups in total. The zero-order valence-corrected chi connectivity index (χ0v) is 18.6. The van der Waals surface area contributed by atoms with Gasteiger partial charge in [0.15, 0.2) is 18.1 Å². The van der Waals surface area contributed by atoms with Gasteiger partial charge in [0.1, 0.15) is 25.1 Å². The summed E-state index contributed by atoms with van der Waals surface area (Å²) in [5.41, 5.74) is 0.136. The average molecular weight is 473 g/mol.